The van der Waals surface area contributed by atoms with Crippen molar-refractivity contribution in [2.45, 2.75) is 88.9 Å². The summed E-state index contributed by atoms with van der Waals surface area (Å²) in [5.74, 6) is -0.988. The second kappa shape index (κ2) is 8.51. The van der Waals surface area contributed by atoms with E-state index in [1.807, 2.05) is 0 Å². The molecule has 4 fully saturated rings. The van der Waals surface area contributed by atoms with Gasteiger partial charge in [0, 0.05) is 30.3 Å². The van der Waals surface area contributed by atoms with Crippen molar-refractivity contribution in [3.8, 4) is 0 Å². The first-order chi connectivity index (χ1) is 16.7. The van der Waals surface area contributed by atoms with Crippen LogP contribution < -0.4 is 0 Å². The summed E-state index contributed by atoms with van der Waals surface area (Å²) in [7, 11) is -3.76. The first kappa shape index (κ1) is 26.1. The van der Waals surface area contributed by atoms with Gasteiger partial charge in [0.15, 0.2) is 0 Å². The molecule has 0 amide bonds. The van der Waals surface area contributed by atoms with Crippen LogP contribution in [0, 0.1) is 28.6 Å². The van der Waals surface area contributed by atoms with Gasteiger partial charge in [0.2, 0.25) is 0 Å². The molecule has 4 aliphatic carbocycles. The van der Waals surface area contributed by atoms with E-state index in [0.29, 0.717) is 44.9 Å². The minimum Gasteiger partial charge on any atom is -0.462 e. The lowest BCUT2D eigenvalue weighted by Crippen LogP contribution is -2.69. The molecule has 1 aliphatic heterocycles. The van der Waals surface area contributed by atoms with Gasteiger partial charge in [-0.05, 0) is 74.7 Å². The Kier molecular flexibility index (Phi) is 6.18. The summed E-state index contributed by atoms with van der Waals surface area (Å²) in [4.78, 5) is 23.4. The number of esters is 2. The Morgan fingerprint density at radius 2 is 1.83 bits per heavy atom. The van der Waals surface area contributed by atoms with Gasteiger partial charge in [-0.15, -0.1) is 0 Å². The number of hydrogen-bond donors (Lipinski definition) is 2. The molecule has 2 N–H and O–H groups in total. The molecule has 0 aromatic heterocycles. The molecule has 4 saturated carbocycles. The van der Waals surface area contributed by atoms with E-state index in [0.717, 1.165) is 18.2 Å². The number of carbonyl (C=O) groups is 2. The van der Waals surface area contributed by atoms with E-state index in [2.05, 4.69) is 6.92 Å². The summed E-state index contributed by atoms with van der Waals surface area (Å²) in [6.45, 7) is 3.58. The molecule has 1 heterocycles. The fourth-order valence-corrected chi connectivity index (χ4v) is 9.44. The van der Waals surface area contributed by atoms with E-state index in [1.165, 1.54) is 6.92 Å². The molecule has 8 atom stereocenters. The van der Waals surface area contributed by atoms with Crippen LogP contribution in [0.3, 0.4) is 0 Å². The summed E-state index contributed by atoms with van der Waals surface area (Å²) in [5, 5.41) is 24.5. The number of rotatable bonds is 5. The first-order valence-electron chi connectivity index (χ1n) is 13.1. The van der Waals surface area contributed by atoms with Crippen LogP contribution in [-0.4, -0.2) is 67.3 Å². The fourth-order valence-electron chi connectivity index (χ4n) is 9.02. The smallest absolute Gasteiger partial charge is 0.331 e. The molecule has 0 bridgehead atoms. The largest absolute Gasteiger partial charge is 0.462 e. The minimum atomic E-state index is -3.76. The monoisotopic (exact) mass is 526 g/mol. The van der Waals surface area contributed by atoms with Crippen molar-refractivity contribution < 1.29 is 41.9 Å². The number of ether oxygens (including phenoxy) is 2. The van der Waals surface area contributed by atoms with Crippen LogP contribution in [0.5, 0.6) is 0 Å². The number of hydrogen-bond acceptors (Lipinski definition) is 9. The highest BCUT2D eigenvalue weighted by molar-refractivity contribution is 7.85. The van der Waals surface area contributed by atoms with Gasteiger partial charge >= 0.3 is 11.9 Å². The SMILES string of the molecule is CC(=O)O[C@H]1CC[C@]2(COS(C)(=O)=O)[C@@H]3CC[C@]4(C)[C@H](C5=CC(=O)OC5)CC[C@]4(O)[C@H]3CC[C@@]2(O)C1. The van der Waals surface area contributed by atoms with Gasteiger partial charge in [-0.2, -0.15) is 8.42 Å². The third-order valence-corrected chi connectivity index (χ3v) is 11.2. The second-order valence-corrected chi connectivity index (χ2v) is 13.8. The number of cyclic esters (lactones) is 1. The Morgan fingerprint density at radius 1 is 1.11 bits per heavy atom. The Hall–Kier alpha value is -1.49. The predicted octanol–water partition coefficient (Wildman–Crippen LogP) is 2.25. The zero-order valence-electron chi connectivity index (χ0n) is 21.3. The maximum Gasteiger partial charge on any atom is 0.331 e. The van der Waals surface area contributed by atoms with Crippen molar-refractivity contribution in [2.75, 3.05) is 19.5 Å². The zero-order valence-corrected chi connectivity index (χ0v) is 22.1. The van der Waals surface area contributed by atoms with Gasteiger partial charge in [-0.1, -0.05) is 6.92 Å². The number of fused-ring (bicyclic) bond motifs is 5. The van der Waals surface area contributed by atoms with Crippen molar-refractivity contribution in [2.24, 2.45) is 28.6 Å². The van der Waals surface area contributed by atoms with Crippen molar-refractivity contribution in [1.29, 1.82) is 0 Å². The number of carbonyl (C=O) groups excluding carboxylic acids is 2. The molecular formula is C26H38O9S. The lowest BCUT2D eigenvalue weighted by molar-refractivity contribution is -0.268. The van der Waals surface area contributed by atoms with Crippen molar-refractivity contribution in [1.82, 2.24) is 0 Å². The van der Waals surface area contributed by atoms with Crippen LogP contribution in [0.1, 0.15) is 71.6 Å². The van der Waals surface area contributed by atoms with E-state index in [4.69, 9.17) is 13.7 Å². The van der Waals surface area contributed by atoms with Gasteiger partial charge in [-0.3, -0.25) is 8.98 Å². The van der Waals surface area contributed by atoms with Crippen LogP contribution in [0.4, 0.5) is 0 Å². The molecular weight excluding hydrogens is 488 g/mol. The van der Waals surface area contributed by atoms with E-state index in [9.17, 15) is 28.2 Å². The van der Waals surface area contributed by atoms with E-state index >= 15 is 0 Å². The Balaban J connectivity index is 1.50. The summed E-state index contributed by atoms with van der Waals surface area (Å²) in [5.41, 5.74) is -2.67. The predicted molar refractivity (Wildman–Crippen MR) is 128 cm³/mol. The van der Waals surface area contributed by atoms with E-state index < -0.39 is 44.2 Å². The fraction of sp³-hybridized carbons (Fsp3) is 0.846. The topological polar surface area (TPSA) is 136 Å². The van der Waals surface area contributed by atoms with Gasteiger partial charge in [-0.25, -0.2) is 4.79 Å². The first-order valence-corrected chi connectivity index (χ1v) is 14.9. The normalized spacial score (nSPS) is 46.2. The lowest BCUT2D eigenvalue weighted by Gasteiger charge is -2.66. The minimum absolute atomic E-state index is 0.0404. The van der Waals surface area contributed by atoms with Crippen molar-refractivity contribution in [3.63, 3.8) is 0 Å². The molecule has 10 heteroatoms. The third kappa shape index (κ3) is 3.85. The van der Waals surface area contributed by atoms with E-state index in [1.54, 1.807) is 6.08 Å². The third-order valence-electron chi connectivity index (χ3n) is 10.6. The molecule has 5 aliphatic rings. The standard InChI is InChI=1S/C26H38O9S/c1-16(27)35-18-4-9-24(15-34-36(3,31)32)20-5-8-23(2)19(17-12-22(28)33-14-17)7-11-26(23,30)21(20)6-10-25(24,29)13-18/h12,18-21,29-30H,4-11,13-15H2,1-3H3/t18-,19-,20+,21-,23+,24-,25+,26-/m0/s1. The second-order valence-electron chi connectivity index (χ2n) is 12.2. The highest BCUT2D eigenvalue weighted by atomic mass is 32.2. The molecule has 9 nitrogen and oxygen atoms in total. The van der Waals surface area contributed by atoms with Crippen LogP contribution in [0.2, 0.25) is 0 Å². The molecule has 5 rings (SSSR count). The van der Waals surface area contributed by atoms with Gasteiger partial charge in [0.25, 0.3) is 10.1 Å². The Bertz CT molecular complexity index is 1080. The highest BCUT2D eigenvalue weighted by Gasteiger charge is 2.71. The maximum atomic E-state index is 12.4. The summed E-state index contributed by atoms with van der Waals surface area (Å²) >= 11 is 0. The quantitative estimate of drug-likeness (QED) is 0.408. The van der Waals surface area contributed by atoms with Gasteiger partial charge < -0.3 is 19.7 Å². The van der Waals surface area contributed by atoms with E-state index in [-0.39, 0.29) is 43.4 Å². The Morgan fingerprint density at radius 3 is 2.47 bits per heavy atom. The molecule has 202 valence electrons. The molecule has 0 saturated heterocycles. The zero-order chi connectivity index (χ0) is 26.1. The Labute approximate surface area is 212 Å². The van der Waals surface area contributed by atoms with Gasteiger partial charge in [0.1, 0.15) is 12.7 Å². The van der Waals surface area contributed by atoms with Crippen molar-refractivity contribution in [3.05, 3.63) is 11.6 Å². The average Bonchev–Trinajstić information content (AvgIpc) is 3.31. The van der Waals surface area contributed by atoms with Crippen LogP contribution in [-0.2, 0) is 33.4 Å². The number of aliphatic hydroxyl groups is 2. The van der Waals surface area contributed by atoms with Crippen molar-refractivity contribution >= 4 is 22.1 Å². The lowest BCUT2D eigenvalue weighted by atomic mass is 9.41. The van der Waals surface area contributed by atoms with Gasteiger partial charge in [0.05, 0.1) is 24.1 Å². The molecule has 0 aromatic carbocycles. The summed E-state index contributed by atoms with van der Waals surface area (Å²) in [6, 6.07) is 0. The average molecular weight is 527 g/mol. The molecule has 0 spiro atoms. The summed E-state index contributed by atoms with van der Waals surface area (Å²) in [6.07, 6.45) is 7.01. The molecule has 0 radical (unpaired) electrons. The molecule has 36 heavy (non-hydrogen) atoms. The van der Waals surface area contributed by atoms with Crippen LogP contribution >= 0.6 is 0 Å². The summed E-state index contributed by atoms with van der Waals surface area (Å²) < 4.78 is 40.2. The maximum absolute atomic E-state index is 12.4. The molecule has 0 aromatic rings. The highest BCUT2D eigenvalue weighted by Crippen LogP contribution is 2.70. The molecule has 0 unspecified atom stereocenters. The van der Waals surface area contributed by atoms with Crippen LogP contribution in [0.25, 0.3) is 0 Å². The van der Waals surface area contributed by atoms with Crippen LogP contribution in [0.15, 0.2) is 11.6 Å².